The largest absolute Gasteiger partial charge is 0.352 e. The van der Waals surface area contributed by atoms with Crippen LogP contribution in [0.3, 0.4) is 0 Å². The summed E-state index contributed by atoms with van der Waals surface area (Å²) in [5.74, 6) is -0.398. The van der Waals surface area contributed by atoms with Crippen LogP contribution in [0.2, 0.25) is 0 Å². The number of nitrogens with one attached hydrogen (secondary N) is 2. The highest BCUT2D eigenvalue weighted by Gasteiger charge is 2.16. The minimum absolute atomic E-state index is 0.00657. The van der Waals surface area contributed by atoms with Crippen LogP contribution in [0.5, 0.6) is 0 Å². The molecule has 4 rings (SSSR count). The van der Waals surface area contributed by atoms with E-state index in [9.17, 15) is 18.0 Å². The molecule has 33 heavy (non-hydrogen) atoms. The molecule has 9 nitrogen and oxygen atoms in total. The van der Waals surface area contributed by atoms with Gasteiger partial charge in [0.15, 0.2) is 5.65 Å². The summed E-state index contributed by atoms with van der Waals surface area (Å²) in [5, 5.41) is 7.00. The molecule has 0 bridgehead atoms. The van der Waals surface area contributed by atoms with Gasteiger partial charge in [0, 0.05) is 30.5 Å². The minimum Gasteiger partial charge on any atom is -0.352 e. The van der Waals surface area contributed by atoms with Gasteiger partial charge in [-0.3, -0.25) is 13.9 Å². The second-order valence-electron chi connectivity index (χ2n) is 7.55. The van der Waals surface area contributed by atoms with Crippen molar-refractivity contribution in [2.75, 3.05) is 11.3 Å². The molecular formula is C23H23N5O4S. The first kappa shape index (κ1) is 22.3. The van der Waals surface area contributed by atoms with Crippen molar-refractivity contribution in [3.63, 3.8) is 0 Å². The number of hydrogen-bond acceptors (Lipinski definition) is 5. The summed E-state index contributed by atoms with van der Waals surface area (Å²) in [6, 6.07) is 18.2. The SMILES string of the molecule is Cc1cccc(NS(=O)(=O)c2cccc(C(=O)NCCCn3nc4ccccn4c3=O)c2)c1. The summed E-state index contributed by atoms with van der Waals surface area (Å²) in [6.45, 7) is 2.52. The van der Waals surface area contributed by atoms with Gasteiger partial charge in [-0.2, -0.15) is 0 Å². The summed E-state index contributed by atoms with van der Waals surface area (Å²) >= 11 is 0. The summed E-state index contributed by atoms with van der Waals surface area (Å²) in [7, 11) is -3.84. The van der Waals surface area contributed by atoms with E-state index in [0.29, 0.717) is 30.8 Å². The van der Waals surface area contributed by atoms with Crippen LogP contribution in [-0.4, -0.2) is 35.1 Å². The Bertz CT molecular complexity index is 1470. The topological polar surface area (TPSA) is 115 Å². The lowest BCUT2D eigenvalue weighted by molar-refractivity contribution is 0.0952. The number of hydrogen-bond donors (Lipinski definition) is 2. The first-order chi connectivity index (χ1) is 15.8. The van der Waals surface area contributed by atoms with Crippen molar-refractivity contribution < 1.29 is 13.2 Å². The second-order valence-corrected chi connectivity index (χ2v) is 9.23. The van der Waals surface area contributed by atoms with Crippen molar-refractivity contribution in [2.24, 2.45) is 0 Å². The number of aromatic nitrogens is 3. The molecule has 2 heterocycles. The predicted molar refractivity (Wildman–Crippen MR) is 125 cm³/mol. The molecule has 1 amide bonds. The van der Waals surface area contributed by atoms with Gasteiger partial charge >= 0.3 is 5.69 Å². The van der Waals surface area contributed by atoms with Crippen LogP contribution in [0.1, 0.15) is 22.3 Å². The Morgan fingerprint density at radius 2 is 1.85 bits per heavy atom. The standard InChI is InChI=1S/C23H23N5O4S/c1-17-7-4-9-19(15-17)26-33(31,32)20-10-5-8-18(16-20)22(29)24-12-6-14-28-23(30)27-13-3-2-11-21(27)25-28/h2-5,7-11,13,15-16,26H,6,12,14H2,1H3,(H,24,29). The predicted octanol–water partition coefficient (Wildman–Crippen LogP) is 2.43. The van der Waals surface area contributed by atoms with Crippen molar-refractivity contribution in [1.29, 1.82) is 0 Å². The number of aryl methyl sites for hydroxylation is 2. The molecule has 0 radical (unpaired) electrons. The van der Waals surface area contributed by atoms with E-state index < -0.39 is 15.9 Å². The molecule has 0 fully saturated rings. The number of carbonyl (C=O) groups excluding carboxylic acids is 1. The fraction of sp³-hybridized carbons (Fsp3) is 0.174. The number of carbonyl (C=O) groups is 1. The van der Waals surface area contributed by atoms with E-state index in [1.54, 1.807) is 48.7 Å². The highest BCUT2D eigenvalue weighted by Crippen LogP contribution is 2.18. The number of pyridine rings is 1. The van der Waals surface area contributed by atoms with E-state index in [2.05, 4.69) is 15.1 Å². The first-order valence-corrected chi connectivity index (χ1v) is 11.8. The number of rotatable bonds is 8. The fourth-order valence-corrected chi connectivity index (χ4v) is 4.47. The number of amides is 1. The minimum atomic E-state index is -3.84. The lowest BCUT2D eigenvalue weighted by Crippen LogP contribution is -2.27. The molecule has 4 aromatic rings. The van der Waals surface area contributed by atoms with E-state index in [-0.39, 0.29) is 16.1 Å². The van der Waals surface area contributed by atoms with E-state index in [4.69, 9.17) is 0 Å². The zero-order chi connectivity index (χ0) is 23.4. The lowest BCUT2D eigenvalue weighted by Gasteiger charge is -2.10. The smallest absolute Gasteiger partial charge is 0.350 e. The Morgan fingerprint density at radius 3 is 2.64 bits per heavy atom. The molecule has 0 unspecified atom stereocenters. The number of nitrogens with zero attached hydrogens (tertiary/aromatic N) is 3. The number of benzene rings is 2. The molecule has 2 aromatic heterocycles. The van der Waals surface area contributed by atoms with Crippen LogP contribution in [0.4, 0.5) is 5.69 Å². The number of anilines is 1. The lowest BCUT2D eigenvalue weighted by atomic mass is 10.2. The number of sulfonamides is 1. The Morgan fingerprint density at radius 1 is 1.03 bits per heavy atom. The average Bonchev–Trinajstić information content (AvgIpc) is 3.12. The highest BCUT2D eigenvalue weighted by molar-refractivity contribution is 7.92. The third-order valence-electron chi connectivity index (χ3n) is 5.00. The van der Waals surface area contributed by atoms with Gasteiger partial charge in [-0.25, -0.2) is 17.9 Å². The van der Waals surface area contributed by atoms with Crippen molar-refractivity contribution in [3.05, 3.63) is 94.5 Å². The van der Waals surface area contributed by atoms with Crippen LogP contribution in [-0.2, 0) is 16.6 Å². The Hall–Kier alpha value is -3.92. The molecule has 0 aliphatic heterocycles. The molecule has 2 aromatic carbocycles. The maximum absolute atomic E-state index is 12.7. The summed E-state index contributed by atoms with van der Waals surface area (Å²) in [6.07, 6.45) is 2.14. The third-order valence-corrected chi connectivity index (χ3v) is 6.38. The van der Waals surface area contributed by atoms with Crippen molar-refractivity contribution in [1.82, 2.24) is 19.5 Å². The van der Waals surface area contributed by atoms with E-state index >= 15 is 0 Å². The van der Waals surface area contributed by atoms with Crippen molar-refractivity contribution in [2.45, 2.75) is 24.8 Å². The first-order valence-electron chi connectivity index (χ1n) is 10.4. The molecule has 0 aliphatic rings. The van der Waals surface area contributed by atoms with Gasteiger partial charge in [0.25, 0.3) is 15.9 Å². The molecule has 10 heteroatoms. The van der Waals surface area contributed by atoms with Gasteiger partial charge in [0.2, 0.25) is 0 Å². The Labute approximate surface area is 190 Å². The quantitative estimate of drug-likeness (QED) is 0.388. The maximum Gasteiger partial charge on any atom is 0.350 e. The monoisotopic (exact) mass is 465 g/mol. The van der Waals surface area contributed by atoms with E-state index in [0.717, 1.165) is 5.56 Å². The fourth-order valence-electron chi connectivity index (χ4n) is 3.37. The zero-order valence-electron chi connectivity index (χ0n) is 17.9. The summed E-state index contributed by atoms with van der Waals surface area (Å²) in [4.78, 5) is 24.8. The molecule has 0 spiro atoms. The molecule has 2 N–H and O–H groups in total. The van der Waals surface area contributed by atoms with Gasteiger partial charge in [0.05, 0.1) is 4.90 Å². The van der Waals surface area contributed by atoms with Crippen LogP contribution in [0.25, 0.3) is 5.65 Å². The van der Waals surface area contributed by atoms with E-state index in [1.807, 2.05) is 13.0 Å². The molecule has 170 valence electrons. The van der Waals surface area contributed by atoms with Gasteiger partial charge in [-0.1, -0.05) is 24.3 Å². The average molecular weight is 466 g/mol. The zero-order valence-corrected chi connectivity index (χ0v) is 18.7. The van der Waals surface area contributed by atoms with Crippen molar-refractivity contribution >= 4 is 27.3 Å². The molecule has 0 atom stereocenters. The van der Waals surface area contributed by atoms with Gasteiger partial charge < -0.3 is 5.32 Å². The van der Waals surface area contributed by atoms with Gasteiger partial charge in [0.1, 0.15) is 0 Å². The van der Waals surface area contributed by atoms with E-state index in [1.165, 1.54) is 27.3 Å². The maximum atomic E-state index is 12.7. The summed E-state index contributed by atoms with van der Waals surface area (Å²) < 4.78 is 30.8. The molecule has 0 aliphatic carbocycles. The Kier molecular flexibility index (Phi) is 6.27. The second kappa shape index (κ2) is 9.29. The van der Waals surface area contributed by atoms with Crippen LogP contribution in [0.15, 0.2) is 82.6 Å². The highest BCUT2D eigenvalue weighted by atomic mass is 32.2. The van der Waals surface area contributed by atoms with Crippen LogP contribution < -0.4 is 15.7 Å². The number of fused-ring (bicyclic) bond motifs is 1. The van der Waals surface area contributed by atoms with Crippen LogP contribution >= 0.6 is 0 Å². The van der Waals surface area contributed by atoms with Gasteiger partial charge in [-0.15, -0.1) is 5.10 Å². The summed E-state index contributed by atoms with van der Waals surface area (Å²) in [5.41, 5.74) is 1.92. The molecule has 0 saturated heterocycles. The Balaban J connectivity index is 1.37. The molecule has 0 saturated carbocycles. The van der Waals surface area contributed by atoms with Crippen LogP contribution in [0, 0.1) is 6.92 Å². The van der Waals surface area contributed by atoms with Crippen molar-refractivity contribution in [3.8, 4) is 0 Å². The third kappa shape index (κ3) is 5.12. The van der Waals surface area contributed by atoms with Gasteiger partial charge in [-0.05, 0) is 61.4 Å². The molecular weight excluding hydrogens is 442 g/mol. The normalized spacial score (nSPS) is 11.4.